The van der Waals surface area contributed by atoms with Crippen LogP contribution in [0.1, 0.15) is 36.6 Å². The van der Waals surface area contributed by atoms with Crippen molar-refractivity contribution in [3.8, 4) is 0 Å². The summed E-state index contributed by atoms with van der Waals surface area (Å²) in [5, 5.41) is 3.48. The van der Waals surface area contributed by atoms with Crippen LogP contribution in [0.2, 0.25) is 0 Å². The highest BCUT2D eigenvalue weighted by Gasteiger charge is 2.29. The Morgan fingerprint density at radius 3 is 2.56 bits per heavy atom. The fraction of sp³-hybridized carbons (Fsp3) is 0.538. The molecule has 1 aliphatic heterocycles. The number of aryl methyl sites for hydroxylation is 2. The molecule has 2 nitrogen and oxygen atoms in total. The Morgan fingerprint density at radius 1 is 1.31 bits per heavy atom. The molecule has 2 atom stereocenters. The molecule has 0 aromatic heterocycles. The Balaban J connectivity index is 2.41. The minimum Gasteiger partial charge on any atom is -0.307 e. The SMILES string of the molecule is Cc1cc2c(cc1C)S(=O)CC2NC(C)C. The maximum Gasteiger partial charge on any atom is 0.0552 e. The van der Waals surface area contributed by atoms with Crippen molar-refractivity contribution in [3.63, 3.8) is 0 Å². The molecule has 0 fully saturated rings. The first-order chi connectivity index (χ1) is 7.49. The van der Waals surface area contributed by atoms with Gasteiger partial charge in [-0.15, -0.1) is 0 Å². The molecule has 0 aliphatic carbocycles. The Bertz CT molecular complexity index is 440. The van der Waals surface area contributed by atoms with Gasteiger partial charge in [0.05, 0.1) is 10.8 Å². The van der Waals surface area contributed by atoms with Crippen LogP contribution < -0.4 is 5.32 Å². The molecule has 16 heavy (non-hydrogen) atoms. The van der Waals surface area contributed by atoms with E-state index >= 15 is 0 Å². The standard InChI is InChI=1S/C13H19NOS/c1-8(2)14-12-7-16(15)13-6-10(4)9(3)5-11(12)13/h5-6,8,12,14H,7H2,1-4H3. The van der Waals surface area contributed by atoms with Crippen molar-refractivity contribution in [2.24, 2.45) is 0 Å². The molecule has 1 aliphatic rings. The van der Waals surface area contributed by atoms with Crippen LogP contribution in [0, 0.1) is 13.8 Å². The van der Waals surface area contributed by atoms with E-state index < -0.39 is 10.8 Å². The summed E-state index contributed by atoms with van der Waals surface area (Å²) < 4.78 is 12.0. The topological polar surface area (TPSA) is 29.1 Å². The summed E-state index contributed by atoms with van der Waals surface area (Å²) in [4.78, 5) is 1.03. The predicted molar refractivity (Wildman–Crippen MR) is 68.2 cm³/mol. The van der Waals surface area contributed by atoms with E-state index in [9.17, 15) is 4.21 Å². The van der Waals surface area contributed by atoms with Crippen LogP contribution in [0.25, 0.3) is 0 Å². The van der Waals surface area contributed by atoms with Crippen molar-refractivity contribution < 1.29 is 4.21 Å². The zero-order valence-electron chi connectivity index (χ0n) is 10.3. The summed E-state index contributed by atoms with van der Waals surface area (Å²) in [6, 6.07) is 4.96. The third kappa shape index (κ3) is 2.06. The van der Waals surface area contributed by atoms with Gasteiger partial charge in [-0.05, 0) is 36.6 Å². The summed E-state index contributed by atoms with van der Waals surface area (Å²) in [5.74, 6) is 0.719. The average molecular weight is 237 g/mol. The molecular weight excluding hydrogens is 218 g/mol. The molecule has 88 valence electrons. The van der Waals surface area contributed by atoms with Gasteiger partial charge in [0, 0.05) is 22.7 Å². The Kier molecular flexibility index (Phi) is 3.17. The van der Waals surface area contributed by atoms with E-state index in [1.54, 1.807) is 0 Å². The second-order valence-electron chi connectivity index (χ2n) is 4.86. The highest BCUT2D eigenvalue weighted by Crippen LogP contribution is 2.33. The van der Waals surface area contributed by atoms with Crippen molar-refractivity contribution in [1.82, 2.24) is 5.32 Å². The first-order valence-electron chi connectivity index (χ1n) is 5.74. The smallest absolute Gasteiger partial charge is 0.0552 e. The molecule has 0 bridgehead atoms. The van der Waals surface area contributed by atoms with Gasteiger partial charge in [-0.25, -0.2) is 0 Å². The van der Waals surface area contributed by atoms with Gasteiger partial charge in [0.2, 0.25) is 0 Å². The lowest BCUT2D eigenvalue weighted by Crippen LogP contribution is -2.28. The monoisotopic (exact) mass is 237 g/mol. The lowest BCUT2D eigenvalue weighted by molar-refractivity contribution is 0.511. The van der Waals surface area contributed by atoms with E-state index in [0.717, 1.165) is 10.6 Å². The summed E-state index contributed by atoms with van der Waals surface area (Å²) in [7, 11) is -0.825. The van der Waals surface area contributed by atoms with Crippen molar-refractivity contribution >= 4 is 10.8 Å². The van der Waals surface area contributed by atoms with Crippen LogP contribution in [0.4, 0.5) is 0 Å². The van der Waals surface area contributed by atoms with Crippen molar-refractivity contribution in [1.29, 1.82) is 0 Å². The van der Waals surface area contributed by atoms with Gasteiger partial charge in [0.15, 0.2) is 0 Å². The van der Waals surface area contributed by atoms with Crippen LogP contribution in [0.15, 0.2) is 17.0 Å². The van der Waals surface area contributed by atoms with Crippen LogP contribution in [0.5, 0.6) is 0 Å². The summed E-state index contributed by atoms with van der Waals surface area (Å²) in [6.45, 7) is 8.45. The lowest BCUT2D eigenvalue weighted by atomic mass is 10.0. The molecule has 0 saturated heterocycles. The molecule has 1 aromatic carbocycles. The van der Waals surface area contributed by atoms with E-state index in [1.807, 2.05) is 0 Å². The van der Waals surface area contributed by atoms with Crippen molar-refractivity contribution in [3.05, 3.63) is 28.8 Å². The number of rotatable bonds is 2. The number of hydrogen-bond donors (Lipinski definition) is 1. The Labute approximate surface area is 99.9 Å². The van der Waals surface area contributed by atoms with Crippen LogP contribution in [0.3, 0.4) is 0 Å². The number of fused-ring (bicyclic) bond motifs is 1. The third-order valence-corrected chi connectivity index (χ3v) is 4.58. The van der Waals surface area contributed by atoms with Gasteiger partial charge in [-0.3, -0.25) is 4.21 Å². The molecule has 1 aromatic rings. The maximum absolute atomic E-state index is 12.0. The third-order valence-electron chi connectivity index (χ3n) is 3.10. The second-order valence-corrected chi connectivity index (χ2v) is 6.32. The molecule has 1 heterocycles. The van der Waals surface area contributed by atoms with Gasteiger partial charge in [0.25, 0.3) is 0 Å². The zero-order valence-corrected chi connectivity index (χ0v) is 11.1. The van der Waals surface area contributed by atoms with E-state index in [2.05, 4.69) is 45.1 Å². The molecule has 0 amide bonds. The Morgan fingerprint density at radius 2 is 1.94 bits per heavy atom. The largest absolute Gasteiger partial charge is 0.307 e. The van der Waals surface area contributed by atoms with E-state index in [4.69, 9.17) is 0 Å². The second kappa shape index (κ2) is 4.30. The molecule has 3 heteroatoms. The highest BCUT2D eigenvalue weighted by molar-refractivity contribution is 7.85. The predicted octanol–water partition coefficient (Wildman–Crippen LogP) is 2.46. The summed E-state index contributed by atoms with van der Waals surface area (Å²) in [6.07, 6.45) is 0. The fourth-order valence-corrected chi connectivity index (χ4v) is 3.68. The molecule has 1 N–H and O–H groups in total. The van der Waals surface area contributed by atoms with Crippen LogP contribution >= 0.6 is 0 Å². The minimum absolute atomic E-state index is 0.259. The van der Waals surface area contributed by atoms with E-state index in [0.29, 0.717) is 6.04 Å². The Hall–Kier alpha value is -0.670. The van der Waals surface area contributed by atoms with Gasteiger partial charge < -0.3 is 5.32 Å². The van der Waals surface area contributed by atoms with Gasteiger partial charge in [-0.1, -0.05) is 19.9 Å². The average Bonchev–Trinajstić information content (AvgIpc) is 2.44. The van der Waals surface area contributed by atoms with Crippen molar-refractivity contribution in [2.75, 3.05) is 5.75 Å². The van der Waals surface area contributed by atoms with Crippen LogP contribution in [-0.2, 0) is 10.8 Å². The van der Waals surface area contributed by atoms with Crippen LogP contribution in [-0.4, -0.2) is 16.0 Å². The molecular formula is C13H19NOS. The normalized spacial score (nSPS) is 23.8. The first-order valence-corrected chi connectivity index (χ1v) is 7.06. The molecule has 0 saturated carbocycles. The number of hydrogen-bond acceptors (Lipinski definition) is 2. The maximum atomic E-state index is 12.0. The molecule has 0 radical (unpaired) electrons. The van der Waals surface area contributed by atoms with E-state index in [-0.39, 0.29) is 6.04 Å². The molecule has 2 rings (SSSR count). The molecule has 2 unspecified atom stereocenters. The van der Waals surface area contributed by atoms with Gasteiger partial charge in [-0.2, -0.15) is 0 Å². The summed E-state index contributed by atoms with van der Waals surface area (Å²) >= 11 is 0. The van der Waals surface area contributed by atoms with Gasteiger partial charge in [0.1, 0.15) is 0 Å². The zero-order chi connectivity index (χ0) is 11.9. The summed E-state index contributed by atoms with van der Waals surface area (Å²) in [5.41, 5.74) is 3.75. The molecule has 0 spiro atoms. The minimum atomic E-state index is -0.825. The van der Waals surface area contributed by atoms with Gasteiger partial charge >= 0.3 is 0 Å². The number of benzene rings is 1. The fourth-order valence-electron chi connectivity index (χ4n) is 2.15. The first kappa shape index (κ1) is 11.8. The van der Waals surface area contributed by atoms with Crippen molar-refractivity contribution in [2.45, 2.75) is 44.7 Å². The lowest BCUT2D eigenvalue weighted by Gasteiger charge is -2.16. The highest BCUT2D eigenvalue weighted by atomic mass is 32.2. The van der Waals surface area contributed by atoms with E-state index in [1.165, 1.54) is 16.7 Å². The number of nitrogens with one attached hydrogen (secondary N) is 1. The quantitative estimate of drug-likeness (QED) is 0.856.